The monoisotopic (exact) mass is 305 g/mol. The molecule has 0 heterocycles. The van der Waals surface area contributed by atoms with Gasteiger partial charge in [0.25, 0.3) is 5.91 Å². The lowest BCUT2D eigenvalue weighted by molar-refractivity contribution is 0.0719. The van der Waals surface area contributed by atoms with Crippen molar-refractivity contribution in [3.05, 3.63) is 35.4 Å². The second kappa shape index (κ2) is 5.78. The Morgan fingerprint density at radius 1 is 1.00 bits per heavy atom. The van der Waals surface area contributed by atoms with Crippen LogP contribution in [0.25, 0.3) is 0 Å². The summed E-state index contributed by atoms with van der Waals surface area (Å²) < 4.78 is 0. The van der Waals surface area contributed by atoms with E-state index in [2.05, 4.69) is 17.8 Å². The Hall–Kier alpha value is -2.19. The van der Waals surface area contributed by atoms with Crippen molar-refractivity contribution in [2.75, 3.05) is 14.1 Å². The second-order valence-corrected chi connectivity index (χ2v) is 7.23. The summed E-state index contributed by atoms with van der Waals surface area (Å²) in [5, 5.41) is 0. The fourth-order valence-electron chi connectivity index (χ4n) is 3.75. The third-order valence-corrected chi connectivity index (χ3v) is 5.56. The Kier molecular flexibility index (Phi) is 3.95. The highest BCUT2D eigenvalue weighted by atomic mass is 16.2. The zero-order valence-electron chi connectivity index (χ0n) is 14.0. The van der Waals surface area contributed by atoms with Gasteiger partial charge in [-0.25, -0.2) is 0 Å². The zero-order chi connectivity index (χ0) is 16.5. The van der Waals surface area contributed by atoms with Crippen LogP contribution in [-0.4, -0.2) is 24.9 Å². The van der Waals surface area contributed by atoms with Gasteiger partial charge in [-0.15, -0.1) is 6.42 Å². The highest BCUT2D eigenvalue weighted by molar-refractivity contribution is 5.93. The summed E-state index contributed by atoms with van der Waals surface area (Å²) in [5.74, 6) is 9.93. The molecule has 1 aromatic carbocycles. The van der Waals surface area contributed by atoms with Crippen LogP contribution in [0.3, 0.4) is 0 Å². The van der Waals surface area contributed by atoms with Crippen LogP contribution in [-0.2, 0) is 0 Å². The lowest BCUT2D eigenvalue weighted by atomic mass is 9.54. The number of hydrogen-bond donors (Lipinski definition) is 0. The number of nitrogens with zero attached hydrogens (tertiary/aromatic N) is 1. The molecule has 3 fully saturated rings. The molecule has 2 heteroatoms. The first-order valence-corrected chi connectivity index (χ1v) is 8.30. The molecule has 0 saturated heterocycles. The average Bonchev–Trinajstić information content (AvgIpc) is 2.61. The Bertz CT molecular complexity index is 684. The smallest absolute Gasteiger partial charge is 0.253 e. The molecular formula is C21H23NO. The van der Waals surface area contributed by atoms with Gasteiger partial charge in [0.1, 0.15) is 0 Å². The molecule has 0 atom stereocenters. The van der Waals surface area contributed by atoms with Crippen molar-refractivity contribution in [1.29, 1.82) is 0 Å². The van der Waals surface area contributed by atoms with E-state index in [0.29, 0.717) is 5.56 Å². The normalized spacial score (nSPS) is 28.4. The van der Waals surface area contributed by atoms with E-state index < -0.39 is 0 Å². The predicted octanol–water partition coefficient (Wildman–Crippen LogP) is 3.71. The largest absolute Gasteiger partial charge is 0.345 e. The summed E-state index contributed by atoms with van der Waals surface area (Å²) >= 11 is 0. The first kappa shape index (κ1) is 15.7. The maximum absolute atomic E-state index is 11.9. The van der Waals surface area contributed by atoms with E-state index in [1.54, 1.807) is 19.0 Å². The van der Waals surface area contributed by atoms with Crippen LogP contribution in [0.5, 0.6) is 0 Å². The van der Waals surface area contributed by atoms with Crippen molar-refractivity contribution in [2.45, 2.75) is 38.5 Å². The van der Waals surface area contributed by atoms with E-state index in [0.717, 1.165) is 44.1 Å². The SMILES string of the molecule is C#CC12CCC(C#Cc3ccc(C(=O)N(C)C)cc3)(CC1)CC2. The molecule has 0 radical (unpaired) electrons. The Morgan fingerprint density at radius 3 is 2.00 bits per heavy atom. The van der Waals surface area contributed by atoms with Crippen LogP contribution in [0.15, 0.2) is 24.3 Å². The summed E-state index contributed by atoms with van der Waals surface area (Å²) in [6.07, 6.45) is 12.5. The van der Waals surface area contributed by atoms with Crippen molar-refractivity contribution in [2.24, 2.45) is 10.8 Å². The molecule has 3 saturated carbocycles. The summed E-state index contributed by atoms with van der Waals surface area (Å²) in [6.45, 7) is 0. The van der Waals surface area contributed by atoms with E-state index in [4.69, 9.17) is 6.42 Å². The van der Waals surface area contributed by atoms with Gasteiger partial charge >= 0.3 is 0 Å². The van der Waals surface area contributed by atoms with Gasteiger partial charge in [-0.3, -0.25) is 4.79 Å². The summed E-state index contributed by atoms with van der Waals surface area (Å²) in [4.78, 5) is 13.5. The molecule has 3 aliphatic carbocycles. The van der Waals surface area contributed by atoms with Gasteiger partial charge in [-0.05, 0) is 62.8 Å². The van der Waals surface area contributed by atoms with Gasteiger partial charge in [0, 0.05) is 36.1 Å². The quantitative estimate of drug-likeness (QED) is 0.724. The lowest BCUT2D eigenvalue weighted by Crippen LogP contribution is -2.39. The fraction of sp³-hybridized carbons (Fsp3) is 0.476. The number of rotatable bonds is 1. The van der Waals surface area contributed by atoms with Crippen LogP contribution in [0.4, 0.5) is 0 Å². The minimum Gasteiger partial charge on any atom is -0.345 e. The van der Waals surface area contributed by atoms with Gasteiger partial charge in [0.05, 0.1) is 0 Å². The number of fused-ring (bicyclic) bond motifs is 3. The first-order valence-electron chi connectivity index (χ1n) is 8.30. The third kappa shape index (κ3) is 2.99. The molecule has 0 spiro atoms. The zero-order valence-corrected chi connectivity index (χ0v) is 14.0. The molecule has 0 aromatic heterocycles. The van der Waals surface area contributed by atoms with Gasteiger partial charge in [-0.1, -0.05) is 17.8 Å². The average molecular weight is 305 g/mol. The van der Waals surface area contributed by atoms with Crippen molar-refractivity contribution < 1.29 is 4.79 Å². The highest BCUT2D eigenvalue weighted by Gasteiger charge is 2.46. The van der Waals surface area contributed by atoms with Crippen molar-refractivity contribution in [3.8, 4) is 24.2 Å². The van der Waals surface area contributed by atoms with Crippen molar-refractivity contribution in [1.82, 2.24) is 4.90 Å². The number of amides is 1. The number of hydrogen-bond acceptors (Lipinski definition) is 1. The molecular weight excluding hydrogens is 282 g/mol. The van der Waals surface area contributed by atoms with E-state index in [1.165, 1.54) is 0 Å². The standard InChI is InChI=1S/C21H23NO/c1-4-20-11-14-21(15-12-20,16-13-20)10-9-17-5-7-18(8-6-17)19(23)22(2)3/h1,5-8H,11-16H2,2-3H3. The molecule has 1 amide bonds. The number of benzene rings is 1. The topological polar surface area (TPSA) is 20.3 Å². The number of carbonyl (C=O) groups excluding carboxylic acids is 1. The molecule has 2 bridgehead atoms. The van der Waals surface area contributed by atoms with Crippen LogP contribution >= 0.6 is 0 Å². The summed E-state index contributed by atoms with van der Waals surface area (Å²) in [6, 6.07) is 7.60. The van der Waals surface area contributed by atoms with Gasteiger partial charge < -0.3 is 4.90 Å². The minimum absolute atomic E-state index is 0.0216. The lowest BCUT2D eigenvalue weighted by Gasteiger charge is -2.48. The van der Waals surface area contributed by atoms with Gasteiger partial charge in [-0.2, -0.15) is 0 Å². The van der Waals surface area contributed by atoms with Crippen molar-refractivity contribution >= 4 is 5.91 Å². The van der Waals surface area contributed by atoms with Crippen LogP contribution in [0, 0.1) is 35.0 Å². The van der Waals surface area contributed by atoms with E-state index in [1.807, 2.05) is 24.3 Å². The van der Waals surface area contributed by atoms with Crippen LogP contribution in [0.1, 0.15) is 54.4 Å². The van der Waals surface area contributed by atoms with Gasteiger partial charge in [0.15, 0.2) is 0 Å². The predicted molar refractivity (Wildman–Crippen MR) is 92.7 cm³/mol. The van der Waals surface area contributed by atoms with E-state index in [-0.39, 0.29) is 16.7 Å². The minimum atomic E-state index is 0.0216. The molecule has 0 unspecified atom stereocenters. The van der Waals surface area contributed by atoms with Gasteiger partial charge in [0.2, 0.25) is 0 Å². The third-order valence-electron chi connectivity index (χ3n) is 5.56. The maximum Gasteiger partial charge on any atom is 0.253 e. The molecule has 3 aliphatic rings. The van der Waals surface area contributed by atoms with Crippen molar-refractivity contribution in [3.63, 3.8) is 0 Å². The molecule has 23 heavy (non-hydrogen) atoms. The van der Waals surface area contributed by atoms with Crippen LogP contribution < -0.4 is 0 Å². The fourth-order valence-corrected chi connectivity index (χ4v) is 3.75. The molecule has 0 N–H and O–H groups in total. The van der Waals surface area contributed by atoms with Crippen LogP contribution in [0.2, 0.25) is 0 Å². The summed E-state index contributed by atoms with van der Waals surface area (Å²) in [7, 11) is 3.52. The molecule has 2 nitrogen and oxygen atoms in total. The molecule has 0 aliphatic heterocycles. The van der Waals surface area contributed by atoms with E-state index >= 15 is 0 Å². The molecule has 4 rings (SSSR count). The summed E-state index contributed by atoms with van der Waals surface area (Å²) in [5.41, 5.74) is 2.01. The first-order chi connectivity index (χ1) is 11.0. The number of terminal acetylenes is 1. The Balaban J connectivity index is 1.73. The number of carbonyl (C=O) groups is 1. The Morgan fingerprint density at radius 2 is 1.52 bits per heavy atom. The highest BCUT2D eigenvalue weighted by Crippen LogP contribution is 2.56. The maximum atomic E-state index is 11.9. The molecule has 118 valence electrons. The second-order valence-electron chi connectivity index (χ2n) is 7.23. The molecule has 1 aromatic rings. The Labute approximate surface area is 139 Å². The van der Waals surface area contributed by atoms with E-state index in [9.17, 15) is 4.79 Å².